The third kappa shape index (κ3) is 5.13. The molecule has 0 saturated carbocycles. The van der Waals surface area contributed by atoms with Crippen molar-refractivity contribution in [3.05, 3.63) is 29.0 Å². The van der Waals surface area contributed by atoms with E-state index in [1.54, 1.807) is 13.8 Å². The van der Waals surface area contributed by atoms with E-state index in [0.29, 0.717) is 0 Å². The topological polar surface area (TPSA) is 78.4 Å². The summed E-state index contributed by atoms with van der Waals surface area (Å²) in [5.41, 5.74) is -0.819. The van der Waals surface area contributed by atoms with Crippen LogP contribution in [0.5, 0.6) is 0 Å². The predicted octanol–water partition coefficient (Wildman–Crippen LogP) is 2.85. The average Bonchev–Trinajstić information content (AvgIpc) is 2.20. The number of halogens is 2. The lowest BCUT2D eigenvalue weighted by Gasteiger charge is -2.24. The van der Waals surface area contributed by atoms with Gasteiger partial charge in [-0.3, -0.25) is 4.79 Å². The number of benzene rings is 1. The molecule has 1 aromatic rings. The first-order chi connectivity index (χ1) is 8.69. The largest absolute Gasteiger partial charge is 0.481 e. The molecule has 0 fully saturated rings. The van der Waals surface area contributed by atoms with Gasteiger partial charge in [-0.05, 0) is 32.0 Å². The molecule has 2 amide bonds. The highest BCUT2D eigenvalue weighted by Crippen LogP contribution is 2.22. The Labute approximate surface area is 114 Å². The van der Waals surface area contributed by atoms with Gasteiger partial charge in [0.05, 0.1) is 17.1 Å². The van der Waals surface area contributed by atoms with Crippen LogP contribution in [0.4, 0.5) is 14.9 Å². The number of nitrogens with one attached hydrogen (secondary N) is 2. The number of aliphatic carboxylic acids is 1. The number of anilines is 1. The van der Waals surface area contributed by atoms with Gasteiger partial charge in [-0.1, -0.05) is 11.6 Å². The van der Waals surface area contributed by atoms with Gasteiger partial charge in [-0.2, -0.15) is 0 Å². The average molecular weight is 289 g/mol. The molecule has 0 heterocycles. The van der Waals surface area contributed by atoms with E-state index in [9.17, 15) is 14.0 Å². The minimum absolute atomic E-state index is 0.116. The van der Waals surface area contributed by atoms with Crippen LogP contribution >= 0.6 is 11.6 Å². The second-order valence-corrected chi connectivity index (χ2v) is 5.06. The van der Waals surface area contributed by atoms with Gasteiger partial charge in [0.25, 0.3) is 0 Å². The van der Waals surface area contributed by atoms with Crippen molar-refractivity contribution in [3.8, 4) is 0 Å². The summed E-state index contributed by atoms with van der Waals surface area (Å²) in [6.07, 6.45) is -0.239. The first kappa shape index (κ1) is 15.2. The van der Waals surface area contributed by atoms with Crippen molar-refractivity contribution < 1.29 is 19.1 Å². The molecule has 1 aromatic carbocycles. The number of hydrogen-bond acceptors (Lipinski definition) is 2. The smallest absolute Gasteiger partial charge is 0.319 e. The lowest BCUT2D eigenvalue weighted by molar-refractivity contribution is -0.138. The summed E-state index contributed by atoms with van der Waals surface area (Å²) in [5.74, 6) is -1.57. The van der Waals surface area contributed by atoms with Crippen LogP contribution < -0.4 is 10.6 Å². The monoisotopic (exact) mass is 288 g/mol. The Bertz CT molecular complexity index is 506. The van der Waals surface area contributed by atoms with Gasteiger partial charge in [0.1, 0.15) is 5.82 Å². The van der Waals surface area contributed by atoms with Gasteiger partial charge in [0, 0.05) is 5.54 Å². The molecule has 0 unspecified atom stereocenters. The molecule has 104 valence electrons. The minimum atomic E-state index is -1.03. The van der Waals surface area contributed by atoms with Crippen LogP contribution in [0.25, 0.3) is 0 Å². The Kier molecular flexibility index (Phi) is 4.72. The molecule has 0 radical (unpaired) electrons. The normalized spacial score (nSPS) is 10.9. The minimum Gasteiger partial charge on any atom is -0.481 e. The van der Waals surface area contributed by atoms with Crippen LogP contribution in [-0.4, -0.2) is 22.6 Å². The summed E-state index contributed by atoms with van der Waals surface area (Å²) >= 11 is 5.79. The van der Waals surface area contributed by atoms with Crippen molar-refractivity contribution in [3.63, 3.8) is 0 Å². The molecule has 7 heteroatoms. The highest BCUT2D eigenvalue weighted by atomic mass is 35.5. The maximum Gasteiger partial charge on any atom is 0.319 e. The van der Waals surface area contributed by atoms with Crippen molar-refractivity contribution in [1.29, 1.82) is 0 Å². The summed E-state index contributed by atoms with van der Waals surface area (Å²) in [7, 11) is 0. The molecule has 0 bridgehead atoms. The first-order valence-corrected chi connectivity index (χ1v) is 5.83. The van der Waals surface area contributed by atoms with Crippen LogP contribution in [-0.2, 0) is 4.79 Å². The summed E-state index contributed by atoms with van der Waals surface area (Å²) in [6.45, 7) is 3.13. The molecule has 0 aliphatic carbocycles. The van der Waals surface area contributed by atoms with Gasteiger partial charge in [0.15, 0.2) is 0 Å². The summed E-state index contributed by atoms with van der Waals surface area (Å²) in [5, 5.41) is 13.7. The molecule has 0 saturated heterocycles. The molecular weight excluding hydrogens is 275 g/mol. The fraction of sp³-hybridized carbons (Fsp3) is 0.333. The Morgan fingerprint density at radius 3 is 2.63 bits per heavy atom. The molecule has 5 nitrogen and oxygen atoms in total. The van der Waals surface area contributed by atoms with Crippen LogP contribution in [0.2, 0.25) is 5.02 Å². The quantitative estimate of drug-likeness (QED) is 0.797. The van der Waals surface area contributed by atoms with Crippen molar-refractivity contribution in [2.24, 2.45) is 0 Å². The van der Waals surface area contributed by atoms with Gasteiger partial charge in [-0.15, -0.1) is 0 Å². The van der Waals surface area contributed by atoms with Crippen LogP contribution in [0, 0.1) is 5.82 Å². The Morgan fingerprint density at radius 2 is 2.05 bits per heavy atom. The highest BCUT2D eigenvalue weighted by Gasteiger charge is 2.24. The fourth-order valence-electron chi connectivity index (χ4n) is 1.48. The Balaban J connectivity index is 2.70. The van der Waals surface area contributed by atoms with E-state index in [1.807, 2.05) is 0 Å². The summed E-state index contributed by atoms with van der Waals surface area (Å²) in [6, 6.07) is 2.90. The number of urea groups is 1. The summed E-state index contributed by atoms with van der Waals surface area (Å²) in [4.78, 5) is 22.3. The third-order valence-electron chi connectivity index (χ3n) is 2.22. The van der Waals surface area contributed by atoms with E-state index in [-0.39, 0.29) is 17.1 Å². The van der Waals surface area contributed by atoms with E-state index in [0.717, 1.165) is 6.07 Å². The van der Waals surface area contributed by atoms with E-state index < -0.39 is 23.4 Å². The SMILES string of the molecule is CC(C)(CC(=O)O)NC(=O)Nc1cc(F)ccc1Cl. The highest BCUT2D eigenvalue weighted by molar-refractivity contribution is 6.33. The Morgan fingerprint density at radius 1 is 1.42 bits per heavy atom. The number of carboxylic acids is 1. The lowest BCUT2D eigenvalue weighted by Crippen LogP contribution is -2.46. The second-order valence-electron chi connectivity index (χ2n) is 4.66. The zero-order chi connectivity index (χ0) is 14.6. The predicted molar refractivity (Wildman–Crippen MR) is 69.9 cm³/mol. The van der Waals surface area contributed by atoms with Gasteiger partial charge in [-0.25, -0.2) is 9.18 Å². The second kappa shape index (κ2) is 5.88. The van der Waals surface area contributed by atoms with Crippen molar-refractivity contribution in [1.82, 2.24) is 5.32 Å². The van der Waals surface area contributed by atoms with Crippen LogP contribution in [0.3, 0.4) is 0 Å². The Hall–Kier alpha value is -1.82. The van der Waals surface area contributed by atoms with Crippen LogP contribution in [0.15, 0.2) is 18.2 Å². The van der Waals surface area contributed by atoms with Crippen LogP contribution in [0.1, 0.15) is 20.3 Å². The van der Waals surface area contributed by atoms with Gasteiger partial charge in [0.2, 0.25) is 0 Å². The maximum atomic E-state index is 13.0. The lowest BCUT2D eigenvalue weighted by atomic mass is 10.0. The third-order valence-corrected chi connectivity index (χ3v) is 2.55. The number of amides is 2. The summed E-state index contributed by atoms with van der Waals surface area (Å²) < 4.78 is 13.0. The molecule has 3 N–H and O–H groups in total. The van der Waals surface area contributed by atoms with E-state index in [4.69, 9.17) is 16.7 Å². The van der Waals surface area contributed by atoms with Crippen molar-refractivity contribution in [2.75, 3.05) is 5.32 Å². The molecule has 0 aliphatic rings. The van der Waals surface area contributed by atoms with Gasteiger partial charge < -0.3 is 15.7 Å². The molecule has 0 atom stereocenters. The zero-order valence-electron chi connectivity index (χ0n) is 10.5. The number of hydrogen-bond donors (Lipinski definition) is 3. The van der Waals surface area contributed by atoms with Crippen molar-refractivity contribution >= 4 is 29.3 Å². The standard InChI is InChI=1S/C12H14ClFN2O3/c1-12(2,6-10(17)18)16-11(19)15-9-5-7(14)3-4-8(9)13/h3-5H,6H2,1-2H3,(H,17,18)(H2,15,16,19). The first-order valence-electron chi connectivity index (χ1n) is 5.45. The number of rotatable bonds is 4. The van der Waals surface area contributed by atoms with E-state index in [2.05, 4.69) is 10.6 Å². The van der Waals surface area contributed by atoms with Crippen molar-refractivity contribution in [2.45, 2.75) is 25.8 Å². The molecular formula is C12H14ClFN2O3. The number of carbonyl (C=O) groups is 2. The van der Waals surface area contributed by atoms with Gasteiger partial charge >= 0.3 is 12.0 Å². The van der Waals surface area contributed by atoms with E-state index >= 15 is 0 Å². The number of carbonyl (C=O) groups excluding carboxylic acids is 1. The molecule has 0 spiro atoms. The molecule has 1 rings (SSSR count). The maximum absolute atomic E-state index is 13.0. The molecule has 0 aromatic heterocycles. The van der Waals surface area contributed by atoms with E-state index in [1.165, 1.54) is 12.1 Å². The number of carboxylic acid groups (broad SMARTS) is 1. The zero-order valence-corrected chi connectivity index (χ0v) is 11.2. The molecule has 0 aliphatic heterocycles. The molecule has 19 heavy (non-hydrogen) atoms. The fourth-order valence-corrected chi connectivity index (χ4v) is 1.64.